The van der Waals surface area contributed by atoms with Crippen molar-refractivity contribution in [3.63, 3.8) is 0 Å². The third-order valence-corrected chi connectivity index (χ3v) is 5.83. The largest absolute Gasteiger partial charge is 0.416 e. The van der Waals surface area contributed by atoms with Crippen molar-refractivity contribution in [3.8, 4) is 22.9 Å². The summed E-state index contributed by atoms with van der Waals surface area (Å²) in [4.78, 5) is 15.0. The Morgan fingerprint density at radius 2 is 1.53 bits per heavy atom. The maximum absolute atomic E-state index is 12.7. The maximum Gasteiger partial charge on any atom is 0.251 e. The van der Waals surface area contributed by atoms with Gasteiger partial charge in [0.2, 0.25) is 11.8 Å². The Bertz CT molecular complexity index is 1240. The van der Waals surface area contributed by atoms with Crippen LogP contribution in [-0.4, -0.2) is 34.1 Å². The number of amides is 1. The lowest BCUT2D eigenvalue weighted by molar-refractivity contribution is 0.0951. The minimum absolute atomic E-state index is 0.119. The lowest BCUT2D eigenvalue weighted by atomic mass is 10.1. The van der Waals surface area contributed by atoms with Gasteiger partial charge in [0, 0.05) is 29.8 Å². The average molecular weight is 455 g/mol. The molecular weight excluding hydrogens is 424 g/mol. The van der Waals surface area contributed by atoms with Gasteiger partial charge in [-0.25, -0.2) is 0 Å². The van der Waals surface area contributed by atoms with E-state index in [0.717, 1.165) is 41.9 Å². The zero-order valence-corrected chi connectivity index (χ0v) is 19.9. The number of hydrogen-bond donors (Lipinski definition) is 1. The first-order valence-corrected chi connectivity index (χ1v) is 11.6. The molecule has 0 spiro atoms. The third-order valence-electron chi connectivity index (χ3n) is 5.83. The fourth-order valence-corrected chi connectivity index (χ4v) is 3.83. The molecule has 0 fully saturated rings. The molecule has 0 saturated heterocycles. The van der Waals surface area contributed by atoms with E-state index in [1.807, 2.05) is 55.5 Å². The van der Waals surface area contributed by atoms with Crippen molar-refractivity contribution in [3.05, 3.63) is 95.1 Å². The molecule has 3 aromatic carbocycles. The number of aromatic nitrogens is 2. The van der Waals surface area contributed by atoms with E-state index < -0.39 is 0 Å². The van der Waals surface area contributed by atoms with E-state index >= 15 is 0 Å². The number of carbonyl (C=O) groups excluding carboxylic acids is 1. The van der Waals surface area contributed by atoms with Crippen LogP contribution in [0.3, 0.4) is 0 Å². The van der Waals surface area contributed by atoms with Crippen LogP contribution in [0, 0.1) is 6.92 Å². The van der Waals surface area contributed by atoms with Crippen LogP contribution in [0.15, 0.2) is 77.2 Å². The Labute approximate surface area is 200 Å². The molecule has 6 heteroatoms. The van der Waals surface area contributed by atoms with E-state index in [4.69, 9.17) is 4.42 Å². The zero-order valence-electron chi connectivity index (χ0n) is 19.9. The van der Waals surface area contributed by atoms with Gasteiger partial charge >= 0.3 is 0 Å². The fraction of sp³-hybridized carbons (Fsp3) is 0.250. The molecule has 1 N–H and O–H groups in total. The molecule has 1 amide bonds. The van der Waals surface area contributed by atoms with E-state index in [0.29, 0.717) is 23.9 Å². The van der Waals surface area contributed by atoms with E-state index in [9.17, 15) is 4.79 Å². The van der Waals surface area contributed by atoms with Gasteiger partial charge in [0.25, 0.3) is 5.91 Å². The van der Waals surface area contributed by atoms with Crippen LogP contribution in [0.25, 0.3) is 22.9 Å². The summed E-state index contributed by atoms with van der Waals surface area (Å²) in [7, 11) is 0. The Kier molecular flexibility index (Phi) is 7.50. The molecule has 0 bridgehead atoms. The second-order valence-corrected chi connectivity index (χ2v) is 8.32. The molecule has 1 aromatic heterocycles. The quantitative estimate of drug-likeness (QED) is 0.362. The summed E-state index contributed by atoms with van der Waals surface area (Å²) in [5.74, 6) is 0.781. The Morgan fingerprint density at radius 1 is 0.853 bits per heavy atom. The highest BCUT2D eigenvalue weighted by Crippen LogP contribution is 2.24. The number of carbonyl (C=O) groups is 1. The highest BCUT2D eigenvalue weighted by molar-refractivity contribution is 5.94. The maximum atomic E-state index is 12.7. The van der Waals surface area contributed by atoms with Crippen LogP contribution < -0.4 is 5.32 Å². The Morgan fingerprint density at radius 3 is 2.24 bits per heavy atom. The molecule has 1 heterocycles. The molecule has 0 aliphatic rings. The topological polar surface area (TPSA) is 71.3 Å². The summed E-state index contributed by atoms with van der Waals surface area (Å²) >= 11 is 0. The van der Waals surface area contributed by atoms with Gasteiger partial charge in [-0.05, 0) is 67.5 Å². The zero-order chi connectivity index (χ0) is 23.9. The smallest absolute Gasteiger partial charge is 0.251 e. The molecule has 0 saturated carbocycles. The molecule has 0 unspecified atom stereocenters. The molecule has 0 aliphatic carbocycles. The SMILES string of the molecule is CCN(CC)Cc1cccc(CNC(=O)c2ccc(-c3nnc(-c4cccc(C)c4)o3)cc2)c1. The van der Waals surface area contributed by atoms with Crippen molar-refractivity contribution in [2.45, 2.75) is 33.9 Å². The summed E-state index contributed by atoms with van der Waals surface area (Å²) in [5, 5.41) is 11.3. The van der Waals surface area contributed by atoms with Crippen molar-refractivity contribution in [1.29, 1.82) is 0 Å². The Balaban J connectivity index is 1.38. The molecule has 0 radical (unpaired) electrons. The van der Waals surface area contributed by atoms with Crippen molar-refractivity contribution in [2.75, 3.05) is 13.1 Å². The normalized spacial score (nSPS) is 11.1. The van der Waals surface area contributed by atoms with Gasteiger partial charge in [-0.3, -0.25) is 9.69 Å². The van der Waals surface area contributed by atoms with Crippen molar-refractivity contribution in [1.82, 2.24) is 20.4 Å². The van der Waals surface area contributed by atoms with Gasteiger partial charge in [0.15, 0.2) is 0 Å². The lowest BCUT2D eigenvalue weighted by Gasteiger charge is -2.18. The summed E-state index contributed by atoms with van der Waals surface area (Å²) < 4.78 is 5.84. The van der Waals surface area contributed by atoms with Gasteiger partial charge in [-0.2, -0.15) is 0 Å². The van der Waals surface area contributed by atoms with Gasteiger partial charge < -0.3 is 9.73 Å². The average Bonchev–Trinajstić information content (AvgIpc) is 3.37. The first-order chi connectivity index (χ1) is 16.6. The number of benzene rings is 3. The third kappa shape index (κ3) is 5.77. The summed E-state index contributed by atoms with van der Waals surface area (Å²) in [6, 6.07) is 23.5. The molecular formula is C28H30N4O2. The van der Waals surface area contributed by atoms with Gasteiger partial charge in [-0.1, -0.05) is 55.8 Å². The van der Waals surface area contributed by atoms with Gasteiger partial charge in [0.05, 0.1) is 0 Å². The monoisotopic (exact) mass is 454 g/mol. The summed E-state index contributed by atoms with van der Waals surface area (Å²) in [6.07, 6.45) is 0. The second kappa shape index (κ2) is 10.9. The van der Waals surface area contributed by atoms with E-state index in [-0.39, 0.29) is 5.91 Å². The molecule has 6 nitrogen and oxygen atoms in total. The highest BCUT2D eigenvalue weighted by atomic mass is 16.4. The van der Waals surface area contributed by atoms with Gasteiger partial charge in [0.1, 0.15) is 0 Å². The molecule has 4 rings (SSSR count). The summed E-state index contributed by atoms with van der Waals surface area (Å²) in [5.41, 5.74) is 5.71. The van der Waals surface area contributed by atoms with Crippen LogP contribution in [-0.2, 0) is 13.1 Å². The van der Waals surface area contributed by atoms with E-state index in [2.05, 4.69) is 46.4 Å². The van der Waals surface area contributed by atoms with Crippen molar-refractivity contribution in [2.24, 2.45) is 0 Å². The summed E-state index contributed by atoms with van der Waals surface area (Å²) in [6.45, 7) is 9.79. The van der Waals surface area contributed by atoms with Crippen LogP contribution in [0.5, 0.6) is 0 Å². The second-order valence-electron chi connectivity index (χ2n) is 8.32. The number of rotatable bonds is 9. The van der Waals surface area contributed by atoms with E-state index in [1.54, 1.807) is 12.1 Å². The minimum Gasteiger partial charge on any atom is -0.416 e. The number of aryl methyl sites for hydroxylation is 1. The predicted molar refractivity (Wildman–Crippen MR) is 134 cm³/mol. The van der Waals surface area contributed by atoms with Crippen molar-refractivity contribution >= 4 is 5.91 Å². The van der Waals surface area contributed by atoms with Crippen LogP contribution in [0.4, 0.5) is 0 Å². The van der Waals surface area contributed by atoms with E-state index in [1.165, 1.54) is 5.56 Å². The van der Waals surface area contributed by atoms with Gasteiger partial charge in [-0.15, -0.1) is 10.2 Å². The molecule has 34 heavy (non-hydrogen) atoms. The first kappa shape index (κ1) is 23.4. The highest BCUT2D eigenvalue weighted by Gasteiger charge is 2.12. The Hall–Kier alpha value is -3.77. The number of nitrogens with zero attached hydrogens (tertiary/aromatic N) is 3. The van der Waals surface area contributed by atoms with Crippen LogP contribution >= 0.6 is 0 Å². The van der Waals surface area contributed by atoms with Crippen LogP contribution in [0.1, 0.15) is 40.9 Å². The lowest BCUT2D eigenvalue weighted by Crippen LogP contribution is -2.23. The number of hydrogen-bond acceptors (Lipinski definition) is 5. The predicted octanol–water partition coefficient (Wildman–Crippen LogP) is 5.48. The molecule has 4 aromatic rings. The van der Waals surface area contributed by atoms with Crippen LogP contribution in [0.2, 0.25) is 0 Å². The first-order valence-electron chi connectivity index (χ1n) is 11.6. The standard InChI is InChI=1S/C28H30N4O2/c1-4-32(5-2)19-22-10-7-9-21(17-22)18-29-26(33)23-12-14-24(15-13-23)27-30-31-28(34-27)25-11-6-8-20(3)16-25/h6-17H,4-5,18-19H2,1-3H3,(H,29,33). The van der Waals surface area contributed by atoms with Crippen molar-refractivity contribution < 1.29 is 9.21 Å². The fourth-order valence-electron chi connectivity index (χ4n) is 3.83. The molecule has 0 atom stereocenters. The minimum atomic E-state index is -0.119. The number of nitrogens with one attached hydrogen (secondary N) is 1. The molecule has 0 aliphatic heterocycles. The molecule has 174 valence electrons.